The number of nitrogens with zero attached hydrogens (tertiary/aromatic N) is 1. The molecule has 0 atom stereocenters. The van der Waals surface area contributed by atoms with Gasteiger partial charge >= 0.3 is 0 Å². The number of rotatable bonds is 1. The molecular formula is C22H21Br2NS. The second-order valence-corrected chi connectivity index (χ2v) is 8.79. The molecule has 0 saturated heterocycles. The van der Waals surface area contributed by atoms with Crippen LogP contribution in [0.4, 0.5) is 17.1 Å². The van der Waals surface area contributed by atoms with Crippen molar-refractivity contribution >= 4 is 61.6 Å². The van der Waals surface area contributed by atoms with Gasteiger partial charge in [0.05, 0.1) is 16.1 Å². The molecule has 1 aliphatic heterocycles. The Balaban J connectivity index is 0.000000948. The van der Waals surface area contributed by atoms with Crippen molar-refractivity contribution in [2.45, 2.75) is 25.5 Å². The van der Waals surface area contributed by atoms with Gasteiger partial charge in [0.2, 0.25) is 0 Å². The fraction of sp³-hybridized carbons (Fsp3) is 0.182. The lowest BCUT2D eigenvalue weighted by atomic mass is 9.85. The molecule has 0 radical (unpaired) electrons. The SMILES string of the molecule is CC.CC1(S)c2cc(Br)ccc2N(c2ccccc2)c2ccc(Br)cc21. The van der Waals surface area contributed by atoms with Gasteiger partial charge in [-0.25, -0.2) is 0 Å². The number of anilines is 3. The molecule has 0 spiro atoms. The number of halogens is 2. The molecule has 134 valence electrons. The Morgan fingerprint density at radius 3 is 1.69 bits per heavy atom. The number of hydrogen-bond acceptors (Lipinski definition) is 2. The van der Waals surface area contributed by atoms with Gasteiger partial charge in [0.1, 0.15) is 0 Å². The second-order valence-electron chi connectivity index (χ2n) is 6.07. The monoisotopic (exact) mass is 489 g/mol. The van der Waals surface area contributed by atoms with Crippen molar-refractivity contribution in [2.75, 3.05) is 4.90 Å². The molecule has 1 nitrogen and oxygen atoms in total. The summed E-state index contributed by atoms with van der Waals surface area (Å²) in [7, 11) is 0. The smallest absolute Gasteiger partial charge is 0.0640 e. The minimum absolute atomic E-state index is 0.372. The highest BCUT2D eigenvalue weighted by Crippen LogP contribution is 2.54. The van der Waals surface area contributed by atoms with Crippen molar-refractivity contribution in [1.29, 1.82) is 0 Å². The van der Waals surface area contributed by atoms with Gasteiger partial charge in [-0.1, -0.05) is 63.9 Å². The van der Waals surface area contributed by atoms with Crippen LogP contribution >= 0.6 is 44.5 Å². The third-order valence-electron chi connectivity index (χ3n) is 4.46. The summed E-state index contributed by atoms with van der Waals surface area (Å²) in [6.07, 6.45) is 0. The summed E-state index contributed by atoms with van der Waals surface area (Å²) in [5.41, 5.74) is 5.85. The lowest BCUT2D eigenvalue weighted by molar-refractivity contribution is 0.823. The van der Waals surface area contributed by atoms with Crippen molar-refractivity contribution in [1.82, 2.24) is 0 Å². The zero-order chi connectivity index (χ0) is 18.9. The molecule has 0 N–H and O–H groups in total. The van der Waals surface area contributed by atoms with Gasteiger partial charge in [0.25, 0.3) is 0 Å². The van der Waals surface area contributed by atoms with E-state index in [0.29, 0.717) is 0 Å². The van der Waals surface area contributed by atoms with Gasteiger partial charge in [-0.15, -0.1) is 0 Å². The van der Waals surface area contributed by atoms with Crippen LogP contribution in [-0.4, -0.2) is 0 Å². The number of hydrogen-bond donors (Lipinski definition) is 1. The summed E-state index contributed by atoms with van der Waals surface area (Å²) < 4.78 is 1.75. The molecule has 0 unspecified atom stereocenters. The Labute approximate surface area is 178 Å². The Kier molecular flexibility index (Phi) is 5.85. The average Bonchev–Trinajstić information content (AvgIpc) is 2.66. The standard InChI is InChI=1S/C20H15Br2NS.C2H6/c1-20(24)16-11-13(21)7-9-18(16)23(15-5-3-2-4-6-15)19-10-8-14(22)12-17(19)20;1-2/h2-12,24H,1H3;1-2H3. The minimum Gasteiger partial charge on any atom is -0.310 e. The Morgan fingerprint density at radius 2 is 1.23 bits per heavy atom. The maximum absolute atomic E-state index is 5.06. The van der Waals surface area contributed by atoms with Gasteiger partial charge in [-0.05, 0) is 66.6 Å². The maximum atomic E-state index is 5.06. The van der Waals surface area contributed by atoms with E-state index in [2.05, 4.69) is 104 Å². The summed E-state index contributed by atoms with van der Waals surface area (Å²) >= 11 is 12.3. The van der Waals surface area contributed by atoms with Crippen LogP contribution in [-0.2, 0) is 4.75 Å². The third-order valence-corrected chi connectivity index (χ3v) is 5.93. The highest BCUT2D eigenvalue weighted by atomic mass is 79.9. The predicted molar refractivity (Wildman–Crippen MR) is 123 cm³/mol. The van der Waals surface area contributed by atoms with Crippen molar-refractivity contribution in [3.63, 3.8) is 0 Å². The number of para-hydroxylation sites is 1. The van der Waals surface area contributed by atoms with E-state index in [0.717, 1.165) is 26.0 Å². The van der Waals surface area contributed by atoms with Crippen LogP contribution < -0.4 is 4.90 Å². The van der Waals surface area contributed by atoms with Crippen molar-refractivity contribution in [3.8, 4) is 0 Å². The fourth-order valence-corrected chi connectivity index (χ4v) is 4.40. The first-order valence-corrected chi connectivity index (χ1v) is 10.7. The molecule has 3 aromatic carbocycles. The average molecular weight is 491 g/mol. The van der Waals surface area contributed by atoms with Crippen molar-refractivity contribution in [2.24, 2.45) is 0 Å². The summed E-state index contributed by atoms with van der Waals surface area (Å²) in [4.78, 5) is 2.31. The topological polar surface area (TPSA) is 3.24 Å². The molecule has 0 aromatic heterocycles. The van der Waals surface area contributed by atoms with Gasteiger partial charge in [0, 0.05) is 14.6 Å². The molecule has 0 aliphatic carbocycles. The Hall–Kier alpha value is -1.23. The van der Waals surface area contributed by atoms with Crippen LogP contribution in [0.2, 0.25) is 0 Å². The zero-order valence-corrected chi connectivity index (χ0v) is 19.1. The first-order chi connectivity index (χ1) is 12.5. The Morgan fingerprint density at radius 1 is 0.769 bits per heavy atom. The number of thiol groups is 1. The highest BCUT2D eigenvalue weighted by Gasteiger charge is 2.37. The lowest BCUT2D eigenvalue weighted by Crippen LogP contribution is -2.29. The fourth-order valence-electron chi connectivity index (χ4n) is 3.32. The minimum atomic E-state index is -0.372. The van der Waals surface area contributed by atoms with Gasteiger partial charge in [-0.2, -0.15) is 12.6 Å². The van der Waals surface area contributed by atoms with Crippen LogP contribution in [0.5, 0.6) is 0 Å². The van der Waals surface area contributed by atoms with Gasteiger partial charge < -0.3 is 4.90 Å². The van der Waals surface area contributed by atoms with Crippen LogP contribution in [0.1, 0.15) is 31.9 Å². The van der Waals surface area contributed by atoms with Crippen LogP contribution in [0.25, 0.3) is 0 Å². The van der Waals surface area contributed by atoms with Crippen LogP contribution in [0.15, 0.2) is 75.7 Å². The Bertz CT molecular complexity index is 867. The van der Waals surface area contributed by atoms with Gasteiger partial charge in [0.15, 0.2) is 0 Å². The van der Waals surface area contributed by atoms with E-state index in [1.165, 1.54) is 11.1 Å². The summed E-state index contributed by atoms with van der Waals surface area (Å²) in [5.74, 6) is 0. The summed E-state index contributed by atoms with van der Waals surface area (Å²) in [6, 6.07) is 23.3. The normalized spacial score (nSPS) is 14.0. The molecule has 26 heavy (non-hydrogen) atoms. The molecule has 4 rings (SSSR count). The first-order valence-electron chi connectivity index (χ1n) is 8.66. The third kappa shape index (κ3) is 3.35. The molecule has 3 aromatic rings. The quantitative estimate of drug-likeness (QED) is 0.336. The van der Waals surface area contributed by atoms with Crippen molar-refractivity contribution < 1.29 is 0 Å². The summed E-state index contributed by atoms with van der Waals surface area (Å²) in [5, 5.41) is 0. The van der Waals surface area contributed by atoms with Crippen LogP contribution in [0.3, 0.4) is 0 Å². The largest absolute Gasteiger partial charge is 0.310 e. The second kappa shape index (κ2) is 7.79. The molecule has 4 heteroatoms. The molecule has 0 amide bonds. The van der Waals surface area contributed by atoms with E-state index in [1.807, 2.05) is 19.9 Å². The highest BCUT2D eigenvalue weighted by molar-refractivity contribution is 9.10. The van der Waals surface area contributed by atoms with E-state index in [-0.39, 0.29) is 4.75 Å². The van der Waals surface area contributed by atoms with E-state index in [1.54, 1.807) is 0 Å². The molecule has 0 saturated carbocycles. The van der Waals surface area contributed by atoms with E-state index >= 15 is 0 Å². The molecule has 0 fully saturated rings. The molecule has 1 aliphatic rings. The van der Waals surface area contributed by atoms with Gasteiger partial charge in [-0.3, -0.25) is 0 Å². The maximum Gasteiger partial charge on any atom is 0.0640 e. The molecule has 0 bridgehead atoms. The van der Waals surface area contributed by atoms with Crippen molar-refractivity contribution in [3.05, 3.63) is 86.8 Å². The zero-order valence-electron chi connectivity index (χ0n) is 15.0. The number of fused-ring (bicyclic) bond motifs is 2. The molecular weight excluding hydrogens is 470 g/mol. The van der Waals surface area contributed by atoms with E-state index < -0.39 is 0 Å². The molecule has 1 heterocycles. The van der Waals surface area contributed by atoms with E-state index in [4.69, 9.17) is 12.6 Å². The predicted octanol–water partition coefficient (Wildman–Crippen LogP) is 8.21. The first kappa shape index (κ1) is 19.5. The number of benzene rings is 3. The lowest BCUT2D eigenvalue weighted by Gasteiger charge is -2.41. The van der Waals surface area contributed by atoms with Crippen LogP contribution in [0, 0.1) is 0 Å². The summed E-state index contributed by atoms with van der Waals surface area (Å²) in [6.45, 7) is 6.16. The van der Waals surface area contributed by atoms with E-state index in [9.17, 15) is 0 Å².